The van der Waals surface area contributed by atoms with Crippen LogP contribution >= 0.6 is 11.6 Å². The second kappa shape index (κ2) is 5.59. The van der Waals surface area contributed by atoms with Crippen LogP contribution in [-0.2, 0) is 0 Å². The lowest BCUT2D eigenvalue weighted by Crippen LogP contribution is -2.27. The van der Waals surface area contributed by atoms with E-state index in [2.05, 4.69) is 0 Å². The van der Waals surface area contributed by atoms with Crippen molar-refractivity contribution in [2.45, 2.75) is 19.4 Å². The fourth-order valence-corrected chi connectivity index (χ4v) is 1.37. The van der Waals surface area contributed by atoms with Crippen LogP contribution in [0.3, 0.4) is 0 Å². The summed E-state index contributed by atoms with van der Waals surface area (Å²) in [5.41, 5.74) is 6.60. The van der Waals surface area contributed by atoms with E-state index in [0.717, 1.165) is 11.3 Å². The van der Waals surface area contributed by atoms with Gasteiger partial charge in [0.2, 0.25) is 0 Å². The molecule has 0 heterocycles. The highest BCUT2D eigenvalue weighted by atomic mass is 35.5. The van der Waals surface area contributed by atoms with Crippen molar-refractivity contribution in [2.75, 3.05) is 6.61 Å². The van der Waals surface area contributed by atoms with Gasteiger partial charge in [-0.25, -0.2) is 0 Å². The normalized spacial score (nSPS) is 11.9. The molecule has 0 fully saturated rings. The summed E-state index contributed by atoms with van der Waals surface area (Å²) >= 11 is 5.81. The lowest BCUT2D eigenvalue weighted by atomic mass is 10.2. The highest BCUT2D eigenvalue weighted by Gasteiger charge is 2.04. The molecule has 0 saturated carbocycles. The summed E-state index contributed by atoms with van der Waals surface area (Å²) in [6, 6.07) is 7.15. The van der Waals surface area contributed by atoms with Crippen LogP contribution in [0.1, 0.15) is 12.0 Å². The fraction of sp³-hybridized carbons (Fsp3) is 0.364. The molecule has 15 heavy (non-hydrogen) atoms. The first-order chi connectivity index (χ1) is 7.13. The predicted molar refractivity (Wildman–Crippen MR) is 59.9 cm³/mol. The minimum atomic E-state index is -0.245. The van der Waals surface area contributed by atoms with E-state index >= 15 is 0 Å². The van der Waals surface area contributed by atoms with Crippen LogP contribution in [0.4, 0.5) is 0 Å². The van der Waals surface area contributed by atoms with Crippen LogP contribution < -0.4 is 10.5 Å². The predicted octanol–water partition coefficient (Wildman–Crippen LogP) is 2.27. The average Bonchev–Trinajstić information content (AvgIpc) is 2.17. The van der Waals surface area contributed by atoms with Crippen LogP contribution in [0, 0.1) is 18.3 Å². The quantitative estimate of drug-likeness (QED) is 0.854. The molecule has 0 bridgehead atoms. The van der Waals surface area contributed by atoms with Crippen LogP contribution in [0.25, 0.3) is 0 Å². The highest BCUT2D eigenvalue weighted by molar-refractivity contribution is 6.30. The molecular formula is C11H13ClN2O. The van der Waals surface area contributed by atoms with Crippen molar-refractivity contribution in [3.05, 3.63) is 28.8 Å². The summed E-state index contributed by atoms with van der Waals surface area (Å²) in [5.74, 6) is 0.757. The first kappa shape index (κ1) is 11.8. The van der Waals surface area contributed by atoms with Gasteiger partial charge >= 0.3 is 0 Å². The Morgan fingerprint density at radius 3 is 2.93 bits per heavy atom. The van der Waals surface area contributed by atoms with Gasteiger partial charge < -0.3 is 10.5 Å². The number of hydrogen-bond donors (Lipinski definition) is 1. The van der Waals surface area contributed by atoms with E-state index in [9.17, 15) is 0 Å². The van der Waals surface area contributed by atoms with Crippen molar-refractivity contribution >= 4 is 11.6 Å². The molecule has 0 saturated heterocycles. The number of benzene rings is 1. The van der Waals surface area contributed by atoms with E-state index in [1.807, 2.05) is 19.1 Å². The van der Waals surface area contributed by atoms with Gasteiger partial charge in [0, 0.05) is 5.02 Å². The summed E-state index contributed by atoms with van der Waals surface area (Å²) in [7, 11) is 0. The first-order valence-corrected chi connectivity index (χ1v) is 5.02. The third kappa shape index (κ3) is 3.78. The molecule has 1 atom stereocenters. The molecule has 1 aromatic rings. The molecular weight excluding hydrogens is 212 g/mol. The zero-order valence-electron chi connectivity index (χ0n) is 8.53. The molecule has 1 rings (SSSR count). The van der Waals surface area contributed by atoms with E-state index in [1.165, 1.54) is 0 Å². The van der Waals surface area contributed by atoms with E-state index in [-0.39, 0.29) is 6.04 Å². The minimum Gasteiger partial charge on any atom is -0.492 e. The molecule has 0 aliphatic heterocycles. The maximum atomic E-state index is 8.42. The monoisotopic (exact) mass is 224 g/mol. The number of nitrogens with zero attached hydrogens (tertiary/aromatic N) is 1. The van der Waals surface area contributed by atoms with Gasteiger partial charge in [-0.15, -0.1) is 0 Å². The summed E-state index contributed by atoms with van der Waals surface area (Å²) in [5, 5.41) is 9.10. The highest BCUT2D eigenvalue weighted by Crippen LogP contribution is 2.21. The number of nitriles is 1. The lowest BCUT2D eigenvalue weighted by Gasteiger charge is -2.12. The summed E-state index contributed by atoms with van der Waals surface area (Å²) < 4.78 is 5.47. The van der Waals surface area contributed by atoms with E-state index in [0.29, 0.717) is 18.1 Å². The van der Waals surface area contributed by atoms with Crippen LogP contribution in [0.2, 0.25) is 5.02 Å². The van der Waals surface area contributed by atoms with Gasteiger partial charge in [-0.05, 0) is 30.7 Å². The standard InChI is InChI=1S/C11H13ClN2O/c1-8-6-9(12)2-3-11(8)15-7-10(14)4-5-13/h2-3,6,10H,4,7,14H2,1H3. The number of ether oxygens (including phenoxy) is 1. The molecule has 1 unspecified atom stereocenters. The second-order valence-electron chi connectivity index (χ2n) is 3.34. The zero-order chi connectivity index (χ0) is 11.3. The van der Waals surface area contributed by atoms with Gasteiger partial charge in [0.1, 0.15) is 12.4 Å². The van der Waals surface area contributed by atoms with Crippen LogP contribution in [0.5, 0.6) is 5.75 Å². The fourth-order valence-electron chi connectivity index (χ4n) is 1.15. The molecule has 0 aliphatic rings. The smallest absolute Gasteiger partial charge is 0.122 e. The minimum absolute atomic E-state index is 0.245. The van der Waals surface area contributed by atoms with Gasteiger partial charge in [0.25, 0.3) is 0 Å². The Balaban J connectivity index is 2.55. The number of rotatable bonds is 4. The lowest BCUT2D eigenvalue weighted by molar-refractivity contribution is 0.288. The molecule has 0 amide bonds. The second-order valence-corrected chi connectivity index (χ2v) is 3.78. The molecule has 0 aliphatic carbocycles. The van der Waals surface area contributed by atoms with Gasteiger partial charge in [-0.1, -0.05) is 11.6 Å². The zero-order valence-corrected chi connectivity index (χ0v) is 9.29. The Morgan fingerprint density at radius 2 is 2.33 bits per heavy atom. The SMILES string of the molecule is Cc1cc(Cl)ccc1OCC(N)CC#N. The number of aryl methyl sites for hydroxylation is 1. The number of nitrogens with two attached hydrogens (primary N) is 1. The first-order valence-electron chi connectivity index (χ1n) is 4.65. The molecule has 2 N–H and O–H groups in total. The number of halogens is 1. The van der Waals surface area contributed by atoms with Crippen molar-refractivity contribution in [3.63, 3.8) is 0 Å². The number of hydrogen-bond acceptors (Lipinski definition) is 3. The van der Waals surface area contributed by atoms with Crippen molar-refractivity contribution in [2.24, 2.45) is 5.73 Å². The van der Waals surface area contributed by atoms with Crippen LogP contribution in [-0.4, -0.2) is 12.6 Å². The summed E-state index contributed by atoms with van der Waals surface area (Å²) in [4.78, 5) is 0. The summed E-state index contributed by atoms with van der Waals surface area (Å²) in [6.07, 6.45) is 0.298. The Morgan fingerprint density at radius 1 is 1.60 bits per heavy atom. The Bertz CT molecular complexity index is 373. The molecule has 1 aromatic carbocycles. The van der Waals surface area contributed by atoms with E-state index in [1.54, 1.807) is 12.1 Å². The topological polar surface area (TPSA) is 59.0 Å². The molecule has 0 aromatic heterocycles. The van der Waals surface area contributed by atoms with Crippen molar-refractivity contribution in [3.8, 4) is 11.8 Å². The van der Waals surface area contributed by atoms with Gasteiger partial charge in [0.05, 0.1) is 18.5 Å². The molecule has 3 nitrogen and oxygen atoms in total. The largest absolute Gasteiger partial charge is 0.492 e. The Kier molecular flexibility index (Phi) is 4.41. The summed E-state index contributed by atoms with van der Waals surface area (Å²) in [6.45, 7) is 2.26. The molecule has 80 valence electrons. The third-order valence-electron chi connectivity index (χ3n) is 1.94. The molecule has 4 heteroatoms. The van der Waals surface area contributed by atoms with Gasteiger partial charge in [-0.3, -0.25) is 0 Å². The maximum absolute atomic E-state index is 8.42. The van der Waals surface area contributed by atoms with Crippen molar-refractivity contribution in [1.29, 1.82) is 5.26 Å². The third-order valence-corrected chi connectivity index (χ3v) is 2.18. The van der Waals surface area contributed by atoms with E-state index in [4.69, 9.17) is 27.3 Å². The molecule has 0 spiro atoms. The van der Waals surface area contributed by atoms with Crippen molar-refractivity contribution in [1.82, 2.24) is 0 Å². The molecule has 0 radical (unpaired) electrons. The Labute approximate surface area is 94.4 Å². The van der Waals surface area contributed by atoms with Gasteiger partial charge in [0.15, 0.2) is 0 Å². The van der Waals surface area contributed by atoms with Crippen LogP contribution in [0.15, 0.2) is 18.2 Å². The average molecular weight is 225 g/mol. The Hall–Kier alpha value is -1.24. The van der Waals surface area contributed by atoms with E-state index < -0.39 is 0 Å². The van der Waals surface area contributed by atoms with Gasteiger partial charge in [-0.2, -0.15) is 5.26 Å². The maximum Gasteiger partial charge on any atom is 0.122 e. The van der Waals surface area contributed by atoms with Crippen molar-refractivity contribution < 1.29 is 4.74 Å².